The molecule has 0 bridgehead atoms. The van der Waals surface area contributed by atoms with E-state index in [4.69, 9.17) is 0 Å². The Bertz CT molecular complexity index is 1330. The molecule has 5 nitrogen and oxygen atoms in total. The van der Waals surface area contributed by atoms with E-state index in [0.717, 1.165) is 24.3 Å². The standard InChI is InChI=1S/C24H22F2N3O2S/c1-17-5-2-3-7-24(17)32(30,31)29-14-11-19(16-20(29)10-12-27-29)28-13-4-6-23(28)21-15-18(25)8-9-22(21)26/h2-3,5,7-12,14-16,23H,4,6,13H2,1H3/q+1/t23?,29-/m1/s1. The van der Waals surface area contributed by atoms with Gasteiger partial charge in [-0.3, -0.25) is 0 Å². The first-order valence-electron chi connectivity index (χ1n) is 10.4. The summed E-state index contributed by atoms with van der Waals surface area (Å²) in [5.41, 5.74) is 2.19. The summed E-state index contributed by atoms with van der Waals surface area (Å²) in [6.07, 6.45) is 9.70. The summed E-state index contributed by atoms with van der Waals surface area (Å²) >= 11 is 0. The van der Waals surface area contributed by atoms with E-state index in [9.17, 15) is 17.2 Å². The van der Waals surface area contributed by atoms with Crippen LogP contribution in [0.3, 0.4) is 0 Å². The van der Waals surface area contributed by atoms with Crippen molar-refractivity contribution in [2.75, 3.05) is 6.54 Å². The van der Waals surface area contributed by atoms with E-state index in [1.165, 1.54) is 12.3 Å². The van der Waals surface area contributed by atoms with Crippen LogP contribution in [0.25, 0.3) is 0 Å². The van der Waals surface area contributed by atoms with Crippen LogP contribution in [0.5, 0.6) is 0 Å². The number of likely N-dealkylation sites (tertiary alicyclic amines) is 1. The van der Waals surface area contributed by atoms with E-state index in [0.29, 0.717) is 29.8 Å². The van der Waals surface area contributed by atoms with Crippen molar-refractivity contribution in [2.45, 2.75) is 30.7 Å². The molecule has 2 aromatic rings. The zero-order chi connectivity index (χ0) is 22.5. The molecule has 1 fully saturated rings. The van der Waals surface area contributed by atoms with E-state index in [1.807, 2.05) is 4.90 Å². The van der Waals surface area contributed by atoms with Crippen LogP contribution in [-0.2, 0) is 10.0 Å². The van der Waals surface area contributed by atoms with Crippen molar-refractivity contribution < 1.29 is 21.2 Å². The fourth-order valence-corrected chi connectivity index (χ4v) is 6.46. The molecule has 2 aromatic carbocycles. The minimum Gasteiger partial charge on any atom is -0.364 e. The molecule has 0 N–H and O–H groups in total. The van der Waals surface area contributed by atoms with Crippen molar-refractivity contribution in [1.82, 2.24) is 4.90 Å². The lowest BCUT2D eigenvalue weighted by Gasteiger charge is -2.33. The Labute approximate surface area is 185 Å². The Hall–Kier alpha value is -3.10. The zero-order valence-corrected chi connectivity index (χ0v) is 18.3. The van der Waals surface area contributed by atoms with E-state index >= 15 is 0 Å². The van der Waals surface area contributed by atoms with Crippen LogP contribution < -0.4 is 0 Å². The topological polar surface area (TPSA) is 49.7 Å². The van der Waals surface area contributed by atoms with Crippen molar-refractivity contribution in [1.29, 1.82) is 0 Å². The number of benzene rings is 2. The predicted octanol–water partition coefficient (Wildman–Crippen LogP) is 4.91. The van der Waals surface area contributed by atoms with Crippen LogP contribution in [0.15, 0.2) is 88.3 Å². The number of hydrogen-bond donors (Lipinski definition) is 0. The van der Waals surface area contributed by atoms with Gasteiger partial charge in [-0.25, -0.2) is 8.78 Å². The third-order valence-corrected chi connectivity index (χ3v) is 8.41. The number of quaternary nitrogens is 1. The van der Waals surface area contributed by atoms with Crippen LogP contribution in [0.2, 0.25) is 0 Å². The lowest BCUT2D eigenvalue weighted by atomic mass is 10.0. The maximum absolute atomic E-state index is 14.5. The smallest absolute Gasteiger partial charge is 0.361 e. The molecule has 3 aliphatic rings. The molecule has 3 heterocycles. The van der Waals surface area contributed by atoms with Gasteiger partial charge in [0.25, 0.3) is 0 Å². The molecule has 0 aliphatic carbocycles. The monoisotopic (exact) mass is 454 g/mol. The molecule has 2 atom stereocenters. The Kier molecular flexibility index (Phi) is 4.87. The van der Waals surface area contributed by atoms with Gasteiger partial charge in [0, 0.05) is 36.0 Å². The van der Waals surface area contributed by atoms with Gasteiger partial charge in [-0.15, -0.1) is 0 Å². The molecule has 0 aromatic heterocycles. The highest BCUT2D eigenvalue weighted by Gasteiger charge is 2.50. The number of hydrogen-bond acceptors (Lipinski definition) is 4. The summed E-state index contributed by atoms with van der Waals surface area (Å²) in [6.45, 7) is 2.42. The molecular formula is C24H22F2N3O2S+. The number of rotatable bonds is 4. The van der Waals surface area contributed by atoms with Crippen molar-refractivity contribution in [3.8, 4) is 0 Å². The van der Waals surface area contributed by atoms with Crippen molar-refractivity contribution in [3.05, 3.63) is 101 Å². The molecule has 32 heavy (non-hydrogen) atoms. The largest absolute Gasteiger partial charge is 0.364 e. The van der Waals surface area contributed by atoms with Crippen molar-refractivity contribution in [3.63, 3.8) is 0 Å². The fraction of sp³-hybridized carbons (Fsp3) is 0.208. The number of halogens is 2. The summed E-state index contributed by atoms with van der Waals surface area (Å²) in [7, 11) is -3.90. The summed E-state index contributed by atoms with van der Waals surface area (Å²) < 4.78 is 54.9. The summed E-state index contributed by atoms with van der Waals surface area (Å²) in [6, 6.07) is 10.0. The zero-order valence-electron chi connectivity index (χ0n) is 17.4. The van der Waals surface area contributed by atoms with Gasteiger partial charge in [0.2, 0.25) is 0 Å². The number of sulfonamides is 1. The van der Waals surface area contributed by atoms with Gasteiger partial charge in [0.1, 0.15) is 22.7 Å². The summed E-state index contributed by atoms with van der Waals surface area (Å²) in [5.74, 6) is -0.923. The second-order valence-electron chi connectivity index (χ2n) is 8.12. The first-order valence-corrected chi connectivity index (χ1v) is 11.9. The van der Waals surface area contributed by atoms with Gasteiger partial charge < -0.3 is 4.90 Å². The molecule has 0 saturated carbocycles. The summed E-state index contributed by atoms with van der Waals surface area (Å²) in [5, 5.41) is 4.31. The van der Waals surface area contributed by atoms with Crippen LogP contribution >= 0.6 is 0 Å². The molecule has 0 spiro atoms. The van der Waals surface area contributed by atoms with Gasteiger partial charge >= 0.3 is 10.0 Å². The van der Waals surface area contributed by atoms with Gasteiger partial charge in [0.15, 0.2) is 5.70 Å². The lowest BCUT2D eigenvalue weighted by molar-refractivity contribution is -0.709. The summed E-state index contributed by atoms with van der Waals surface area (Å²) in [4.78, 5) is 2.22. The van der Waals surface area contributed by atoms with Gasteiger partial charge in [-0.2, -0.15) is 8.42 Å². The highest BCUT2D eigenvalue weighted by molar-refractivity contribution is 7.86. The van der Waals surface area contributed by atoms with Gasteiger partial charge in [-0.1, -0.05) is 23.3 Å². The molecule has 5 rings (SSSR count). The molecule has 8 heteroatoms. The minimum absolute atomic E-state index is 0.215. The maximum atomic E-state index is 14.5. The molecule has 1 saturated heterocycles. The van der Waals surface area contributed by atoms with E-state index in [-0.39, 0.29) is 10.9 Å². The third-order valence-electron chi connectivity index (χ3n) is 6.24. The van der Waals surface area contributed by atoms with E-state index < -0.39 is 25.7 Å². The number of allylic oxidation sites excluding steroid dienone is 3. The minimum atomic E-state index is -3.90. The molecule has 0 amide bonds. The Morgan fingerprint density at radius 1 is 1.16 bits per heavy atom. The van der Waals surface area contributed by atoms with Crippen LogP contribution in [0, 0.1) is 18.6 Å². The number of aryl methyl sites for hydroxylation is 1. The van der Waals surface area contributed by atoms with Gasteiger partial charge in [0.05, 0.1) is 12.3 Å². The number of nitrogens with zero attached hydrogens (tertiary/aromatic N) is 3. The van der Waals surface area contributed by atoms with E-state index in [2.05, 4.69) is 5.10 Å². The molecule has 0 radical (unpaired) electrons. The molecule has 3 aliphatic heterocycles. The average molecular weight is 455 g/mol. The highest BCUT2D eigenvalue weighted by atomic mass is 32.2. The first kappa shape index (κ1) is 20.8. The average Bonchev–Trinajstić information content (AvgIpc) is 3.43. The fourth-order valence-electron chi connectivity index (χ4n) is 4.65. The molecule has 164 valence electrons. The SMILES string of the molecule is Cc1ccccc1S(=O)(=O)[N@+]12C=CC(N3CCCC3c3cc(F)ccc3F)=CC1=CC=N2. The van der Waals surface area contributed by atoms with Crippen molar-refractivity contribution >= 4 is 16.2 Å². The van der Waals surface area contributed by atoms with E-state index in [1.54, 1.807) is 55.6 Å². The Morgan fingerprint density at radius 3 is 2.78 bits per heavy atom. The maximum Gasteiger partial charge on any atom is 0.361 e. The second kappa shape index (κ2) is 7.50. The lowest BCUT2D eigenvalue weighted by Crippen LogP contribution is -2.42. The van der Waals surface area contributed by atoms with Crippen LogP contribution in [-0.4, -0.2) is 30.1 Å². The highest BCUT2D eigenvalue weighted by Crippen LogP contribution is 2.43. The first-order chi connectivity index (χ1) is 15.3. The normalized spacial score (nSPS) is 24.5. The predicted molar refractivity (Wildman–Crippen MR) is 117 cm³/mol. The second-order valence-corrected chi connectivity index (χ2v) is 10.1. The van der Waals surface area contributed by atoms with Crippen LogP contribution in [0.1, 0.15) is 30.0 Å². The third kappa shape index (κ3) is 3.05. The molecular weight excluding hydrogens is 432 g/mol. The quantitative estimate of drug-likeness (QED) is 0.617. The Morgan fingerprint density at radius 2 is 1.97 bits per heavy atom. The number of fused-ring (bicyclic) bond motifs is 1. The Balaban J connectivity index is 1.53. The molecule has 1 unspecified atom stereocenters. The van der Waals surface area contributed by atoms with Crippen molar-refractivity contribution in [2.24, 2.45) is 5.10 Å². The van der Waals surface area contributed by atoms with Gasteiger partial charge in [-0.05, 0) is 53.6 Å². The van der Waals surface area contributed by atoms with Crippen LogP contribution in [0.4, 0.5) is 8.78 Å².